The summed E-state index contributed by atoms with van der Waals surface area (Å²) in [5.41, 5.74) is 1.24. The van der Waals surface area contributed by atoms with Gasteiger partial charge in [-0.1, -0.05) is 13.0 Å². The highest BCUT2D eigenvalue weighted by molar-refractivity contribution is 5.81. The first-order valence-electron chi connectivity index (χ1n) is 8.60. The van der Waals surface area contributed by atoms with Crippen LogP contribution in [0, 0.1) is 11.8 Å². The molecule has 1 aromatic rings. The SMILES string of the molecule is C[C@H]1C[C@@H]1C(=O)N1CCN(Cc2ccc3c(c2)OCCO3)CC1. The van der Waals surface area contributed by atoms with Crippen molar-refractivity contribution in [3.8, 4) is 11.5 Å². The zero-order valence-electron chi connectivity index (χ0n) is 13.7. The maximum atomic E-state index is 12.3. The van der Waals surface area contributed by atoms with E-state index in [0.29, 0.717) is 31.0 Å². The Morgan fingerprint density at radius 3 is 2.52 bits per heavy atom. The largest absolute Gasteiger partial charge is 0.486 e. The van der Waals surface area contributed by atoms with E-state index in [0.717, 1.165) is 50.6 Å². The first-order chi connectivity index (χ1) is 11.2. The van der Waals surface area contributed by atoms with E-state index in [-0.39, 0.29) is 0 Å². The number of rotatable bonds is 3. The average Bonchev–Trinajstić information content (AvgIpc) is 3.32. The van der Waals surface area contributed by atoms with E-state index in [9.17, 15) is 4.79 Å². The van der Waals surface area contributed by atoms with Gasteiger partial charge < -0.3 is 14.4 Å². The molecule has 2 fully saturated rings. The van der Waals surface area contributed by atoms with Crippen LogP contribution in [0.5, 0.6) is 11.5 Å². The van der Waals surface area contributed by atoms with Gasteiger partial charge in [0.2, 0.25) is 5.91 Å². The Labute approximate surface area is 137 Å². The molecule has 5 heteroatoms. The second-order valence-electron chi connectivity index (χ2n) is 6.90. The molecule has 3 aliphatic rings. The third kappa shape index (κ3) is 3.15. The number of hydrogen-bond donors (Lipinski definition) is 0. The third-order valence-corrected chi connectivity index (χ3v) is 5.12. The van der Waals surface area contributed by atoms with E-state index < -0.39 is 0 Å². The zero-order chi connectivity index (χ0) is 15.8. The first kappa shape index (κ1) is 14.8. The quantitative estimate of drug-likeness (QED) is 0.852. The van der Waals surface area contributed by atoms with Crippen molar-refractivity contribution in [1.29, 1.82) is 0 Å². The molecule has 124 valence electrons. The topological polar surface area (TPSA) is 42.0 Å². The van der Waals surface area contributed by atoms with Crippen molar-refractivity contribution in [3.05, 3.63) is 23.8 Å². The van der Waals surface area contributed by atoms with Gasteiger partial charge in [0.1, 0.15) is 13.2 Å². The van der Waals surface area contributed by atoms with Gasteiger partial charge in [-0.2, -0.15) is 0 Å². The summed E-state index contributed by atoms with van der Waals surface area (Å²) in [7, 11) is 0. The molecular formula is C18H24N2O3. The summed E-state index contributed by atoms with van der Waals surface area (Å²) in [6.07, 6.45) is 1.08. The van der Waals surface area contributed by atoms with Crippen LogP contribution in [0.15, 0.2) is 18.2 Å². The van der Waals surface area contributed by atoms with Gasteiger partial charge in [-0.15, -0.1) is 0 Å². The van der Waals surface area contributed by atoms with E-state index in [1.165, 1.54) is 5.56 Å². The van der Waals surface area contributed by atoms with Gasteiger partial charge in [-0.3, -0.25) is 9.69 Å². The van der Waals surface area contributed by atoms with Crippen LogP contribution in [-0.2, 0) is 11.3 Å². The van der Waals surface area contributed by atoms with Crippen molar-refractivity contribution in [1.82, 2.24) is 9.80 Å². The van der Waals surface area contributed by atoms with E-state index in [2.05, 4.69) is 28.9 Å². The Balaban J connectivity index is 1.32. The Bertz CT molecular complexity index is 596. The highest BCUT2D eigenvalue weighted by atomic mass is 16.6. The first-order valence-corrected chi connectivity index (χ1v) is 8.60. The highest BCUT2D eigenvalue weighted by Crippen LogP contribution is 2.39. The van der Waals surface area contributed by atoms with Crippen LogP contribution in [0.25, 0.3) is 0 Å². The minimum atomic E-state index is 0.305. The zero-order valence-corrected chi connectivity index (χ0v) is 13.7. The summed E-state index contributed by atoms with van der Waals surface area (Å²) >= 11 is 0. The Hall–Kier alpha value is -1.75. The predicted molar refractivity (Wildman–Crippen MR) is 86.6 cm³/mol. The van der Waals surface area contributed by atoms with Crippen LogP contribution in [0.4, 0.5) is 0 Å². The summed E-state index contributed by atoms with van der Waals surface area (Å²) in [6.45, 7) is 7.92. The van der Waals surface area contributed by atoms with Crippen LogP contribution in [0.1, 0.15) is 18.9 Å². The number of ether oxygens (including phenoxy) is 2. The molecule has 0 aromatic heterocycles. The number of piperazine rings is 1. The van der Waals surface area contributed by atoms with Gasteiger partial charge in [0.15, 0.2) is 11.5 Å². The van der Waals surface area contributed by atoms with Gasteiger partial charge >= 0.3 is 0 Å². The van der Waals surface area contributed by atoms with Crippen LogP contribution in [0.3, 0.4) is 0 Å². The van der Waals surface area contributed by atoms with Gasteiger partial charge in [0.05, 0.1) is 0 Å². The molecule has 0 unspecified atom stereocenters. The standard InChI is InChI=1S/C18H24N2O3/c1-13-10-15(13)18(21)20-6-4-19(5-7-20)12-14-2-3-16-17(11-14)23-9-8-22-16/h2-3,11,13,15H,4-10,12H2,1H3/t13-,15-/m0/s1. The lowest BCUT2D eigenvalue weighted by atomic mass is 10.1. The fourth-order valence-corrected chi connectivity index (χ4v) is 3.47. The van der Waals surface area contributed by atoms with Crippen molar-refractivity contribution >= 4 is 5.91 Å². The van der Waals surface area contributed by atoms with Gasteiger partial charge in [-0.05, 0) is 30.0 Å². The van der Waals surface area contributed by atoms with Gasteiger partial charge in [0.25, 0.3) is 0 Å². The van der Waals surface area contributed by atoms with Crippen molar-refractivity contribution in [2.45, 2.75) is 19.9 Å². The summed E-state index contributed by atoms with van der Waals surface area (Å²) < 4.78 is 11.2. The number of carbonyl (C=O) groups excluding carboxylic acids is 1. The van der Waals surface area contributed by atoms with Gasteiger partial charge in [0, 0.05) is 38.6 Å². The maximum absolute atomic E-state index is 12.3. The van der Waals surface area contributed by atoms with Crippen LogP contribution in [-0.4, -0.2) is 55.1 Å². The number of benzene rings is 1. The van der Waals surface area contributed by atoms with Crippen LogP contribution < -0.4 is 9.47 Å². The van der Waals surface area contributed by atoms with Crippen LogP contribution in [0.2, 0.25) is 0 Å². The second kappa shape index (κ2) is 6.04. The van der Waals surface area contributed by atoms with E-state index in [1.807, 2.05) is 6.07 Å². The fraction of sp³-hybridized carbons (Fsp3) is 0.611. The lowest BCUT2D eigenvalue weighted by Crippen LogP contribution is -2.48. The fourth-order valence-electron chi connectivity index (χ4n) is 3.47. The molecule has 5 nitrogen and oxygen atoms in total. The minimum Gasteiger partial charge on any atom is -0.486 e. The monoisotopic (exact) mass is 316 g/mol. The van der Waals surface area contributed by atoms with Crippen LogP contribution >= 0.6 is 0 Å². The number of hydrogen-bond acceptors (Lipinski definition) is 4. The second-order valence-corrected chi connectivity index (χ2v) is 6.90. The molecule has 0 bridgehead atoms. The summed E-state index contributed by atoms with van der Waals surface area (Å²) in [6, 6.07) is 6.19. The van der Waals surface area contributed by atoms with Gasteiger partial charge in [-0.25, -0.2) is 0 Å². The molecule has 2 aliphatic heterocycles. The Kier molecular flexibility index (Phi) is 3.89. The predicted octanol–water partition coefficient (Wildman–Crippen LogP) is 1.76. The Morgan fingerprint density at radius 2 is 1.83 bits per heavy atom. The van der Waals surface area contributed by atoms with E-state index in [1.54, 1.807) is 0 Å². The van der Waals surface area contributed by atoms with E-state index in [4.69, 9.17) is 9.47 Å². The molecule has 1 aromatic carbocycles. The molecule has 1 amide bonds. The molecule has 0 N–H and O–H groups in total. The van der Waals surface area contributed by atoms with Crippen molar-refractivity contribution in [2.24, 2.45) is 11.8 Å². The van der Waals surface area contributed by atoms with Crippen molar-refractivity contribution < 1.29 is 14.3 Å². The maximum Gasteiger partial charge on any atom is 0.226 e. The lowest BCUT2D eigenvalue weighted by molar-refractivity contribution is -0.134. The lowest BCUT2D eigenvalue weighted by Gasteiger charge is -2.35. The number of carbonyl (C=O) groups is 1. The molecule has 1 saturated carbocycles. The normalized spacial score (nSPS) is 26.9. The average molecular weight is 316 g/mol. The number of nitrogens with zero attached hydrogens (tertiary/aromatic N) is 2. The molecule has 2 atom stereocenters. The summed E-state index contributed by atoms with van der Waals surface area (Å²) in [5.74, 6) is 2.97. The molecular weight excluding hydrogens is 292 g/mol. The molecule has 0 radical (unpaired) electrons. The minimum absolute atomic E-state index is 0.305. The third-order valence-electron chi connectivity index (χ3n) is 5.12. The molecule has 4 rings (SSSR count). The molecule has 1 saturated heterocycles. The summed E-state index contributed by atoms with van der Waals surface area (Å²) in [5, 5.41) is 0. The van der Waals surface area contributed by atoms with Crippen molar-refractivity contribution in [2.75, 3.05) is 39.4 Å². The summed E-state index contributed by atoms with van der Waals surface area (Å²) in [4.78, 5) is 16.7. The molecule has 23 heavy (non-hydrogen) atoms. The molecule has 0 spiro atoms. The molecule has 1 aliphatic carbocycles. The number of amides is 1. The highest BCUT2D eigenvalue weighted by Gasteiger charge is 2.41. The molecule has 2 heterocycles. The number of fused-ring (bicyclic) bond motifs is 1. The van der Waals surface area contributed by atoms with Crippen molar-refractivity contribution in [3.63, 3.8) is 0 Å². The van der Waals surface area contributed by atoms with E-state index >= 15 is 0 Å². The smallest absolute Gasteiger partial charge is 0.226 e. The Morgan fingerprint density at radius 1 is 1.13 bits per heavy atom.